The lowest BCUT2D eigenvalue weighted by Gasteiger charge is -2.23. The molecular formula is C28H27N5O5. The van der Waals surface area contributed by atoms with Gasteiger partial charge in [0.15, 0.2) is 5.69 Å². The van der Waals surface area contributed by atoms with Crippen LogP contribution in [0.2, 0.25) is 0 Å². The molecule has 10 heteroatoms. The van der Waals surface area contributed by atoms with Gasteiger partial charge in [-0.2, -0.15) is 9.61 Å². The maximum absolute atomic E-state index is 13.7. The average molecular weight is 514 g/mol. The summed E-state index contributed by atoms with van der Waals surface area (Å²) in [7, 11) is 0. The molecule has 0 unspecified atom stereocenters. The van der Waals surface area contributed by atoms with E-state index >= 15 is 0 Å². The molecule has 5 aromatic rings. The first-order valence-corrected chi connectivity index (χ1v) is 12.8. The number of hydrogen-bond acceptors (Lipinski definition) is 5. The summed E-state index contributed by atoms with van der Waals surface area (Å²) in [6.45, 7) is 0. The smallest absolute Gasteiger partial charge is 0.326 e. The topological polar surface area (TPSA) is 145 Å². The Morgan fingerprint density at radius 2 is 1.95 bits per heavy atom. The fourth-order valence-electron chi connectivity index (χ4n) is 5.45. The summed E-state index contributed by atoms with van der Waals surface area (Å²) >= 11 is 0. The molecule has 0 radical (unpaired) electrons. The number of carbonyl (C=O) groups excluding carboxylic acids is 1. The molecule has 1 saturated carbocycles. The van der Waals surface area contributed by atoms with Gasteiger partial charge in [0.1, 0.15) is 11.7 Å². The number of nitrogens with zero attached hydrogens (tertiary/aromatic N) is 2. The third-order valence-electron chi connectivity index (χ3n) is 7.32. The van der Waals surface area contributed by atoms with Crippen LogP contribution in [0.3, 0.4) is 0 Å². The molecule has 38 heavy (non-hydrogen) atoms. The molecule has 1 aliphatic carbocycles. The minimum atomic E-state index is -1.18. The van der Waals surface area contributed by atoms with E-state index in [1.807, 2.05) is 30.3 Å². The number of rotatable bonds is 7. The van der Waals surface area contributed by atoms with Crippen molar-refractivity contribution in [1.29, 1.82) is 0 Å². The quantitative estimate of drug-likeness (QED) is 0.256. The Morgan fingerprint density at radius 3 is 2.68 bits per heavy atom. The second kappa shape index (κ2) is 9.70. The Balaban J connectivity index is 1.32. The fraction of sp³-hybridized carbons (Fsp3) is 0.286. The Labute approximate surface area is 216 Å². The first-order chi connectivity index (χ1) is 18.5. The van der Waals surface area contributed by atoms with Gasteiger partial charge in [-0.15, -0.1) is 0 Å². The Kier molecular flexibility index (Phi) is 6.07. The lowest BCUT2D eigenvalue weighted by molar-refractivity contribution is -0.139. The molecule has 10 nitrogen and oxygen atoms in total. The molecule has 4 N–H and O–H groups in total. The molecule has 1 fully saturated rings. The van der Waals surface area contributed by atoms with Gasteiger partial charge >= 0.3 is 5.97 Å². The maximum atomic E-state index is 13.7. The highest BCUT2D eigenvalue weighted by molar-refractivity contribution is 5.96. The van der Waals surface area contributed by atoms with E-state index in [1.165, 1.54) is 10.6 Å². The van der Waals surface area contributed by atoms with Crippen molar-refractivity contribution in [2.75, 3.05) is 0 Å². The third-order valence-corrected chi connectivity index (χ3v) is 7.32. The Bertz CT molecular complexity index is 1650. The summed E-state index contributed by atoms with van der Waals surface area (Å²) in [5.74, 6) is -1.76. The summed E-state index contributed by atoms with van der Waals surface area (Å²) in [6.07, 6.45) is 8.26. The lowest BCUT2D eigenvalue weighted by atomic mass is 9.83. The number of carboxylic acid groups (broad SMARTS) is 1. The maximum Gasteiger partial charge on any atom is 0.326 e. The van der Waals surface area contributed by atoms with Gasteiger partial charge in [0, 0.05) is 34.8 Å². The molecule has 0 bridgehead atoms. The van der Waals surface area contributed by atoms with E-state index in [9.17, 15) is 19.5 Å². The number of fused-ring (bicyclic) bond motifs is 2. The number of amides is 1. The van der Waals surface area contributed by atoms with Crippen molar-refractivity contribution in [1.82, 2.24) is 24.9 Å². The number of H-pyrrole nitrogens is 2. The van der Waals surface area contributed by atoms with Crippen LogP contribution in [0.15, 0.2) is 64.2 Å². The van der Waals surface area contributed by atoms with Crippen molar-refractivity contribution in [3.63, 3.8) is 0 Å². The second-order valence-electron chi connectivity index (χ2n) is 9.84. The van der Waals surface area contributed by atoms with Gasteiger partial charge in [-0.3, -0.25) is 9.59 Å². The van der Waals surface area contributed by atoms with Crippen molar-refractivity contribution in [3.8, 4) is 11.3 Å². The van der Waals surface area contributed by atoms with Crippen LogP contribution < -0.4 is 10.9 Å². The molecule has 1 aromatic carbocycles. The molecule has 0 saturated heterocycles. The number of aliphatic carboxylic acids is 1. The summed E-state index contributed by atoms with van der Waals surface area (Å²) in [5.41, 5.74) is 3.65. The number of benzene rings is 1. The number of nitrogens with one attached hydrogen (secondary N) is 3. The summed E-state index contributed by atoms with van der Waals surface area (Å²) in [4.78, 5) is 45.2. The van der Waals surface area contributed by atoms with Crippen LogP contribution in [0.5, 0.6) is 0 Å². The predicted molar refractivity (Wildman–Crippen MR) is 140 cm³/mol. The molecule has 0 spiro atoms. The van der Waals surface area contributed by atoms with E-state index in [-0.39, 0.29) is 23.6 Å². The molecule has 4 aromatic heterocycles. The number of hydrogen-bond donors (Lipinski definition) is 4. The summed E-state index contributed by atoms with van der Waals surface area (Å²) in [6, 6.07) is 11.6. The average Bonchev–Trinajstić information content (AvgIpc) is 3.68. The van der Waals surface area contributed by atoms with E-state index in [0.29, 0.717) is 22.6 Å². The number of aromatic nitrogens is 4. The first kappa shape index (κ1) is 23.8. The first-order valence-electron chi connectivity index (χ1n) is 12.8. The molecule has 1 amide bonds. The van der Waals surface area contributed by atoms with Crippen molar-refractivity contribution in [3.05, 3.63) is 82.3 Å². The molecule has 0 aliphatic heterocycles. The summed E-state index contributed by atoms with van der Waals surface area (Å²) in [5, 5.41) is 17.6. The zero-order valence-electron chi connectivity index (χ0n) is 20.6. The van der Waals surface area contributed by atoms with Gasteiger partial charge in [0.05, 0.1) is 18.2 Å². The van der Waals surface area contributed by atoms with Crippen molar-refractivity contribution in [2.24, 2.45) is 0 Å². The minimum Gasteiger partial charge on any atom is -0.480 e. The van der Waals surface area contributed by atoms with Gasteiger partial charge in [-0.25, -0.2) is 4.79 Å². The van der Waals surface area contributed by atoms with Gasteiger partial charge in [0.25, 0.3) is 11.5 Å². The van der Waals surface area contributed by atoms with E-state index < -0.39 is 17.9 Å². The number of carboxylic acids is 1. The highest BCUT2D eigenvalue weighted by Gasteiger charge is 2.27. The molecule has 4 heterocycles. The van der Waals surface area contributed by atoms with E-state index in [2.05, 4.69) is 20.4 Å². The van der Waals surface area contributed by atoms with Gasteiger partial charge < -0.3 is 24.8 Å². The standard InChI is InChI=1S/C28H27N5O5/c34-26(30-22(28(36)37)13-19-12-17-8-4-5-9-20(17)29-19)21-14-23-31-25(18-10-11-38-15-18)24(27(35)33(23)32-21)16-6-2-1-3-7-16/h4-5,8-12,14-16,22,29,31H,1-3,6-7,13H2,(H,30,34)(H,36,37)/t22-/m0/s1. The molecule has 194 valence electrons. The van der Waals surface area contributed by atoms with Crippen LogP contribution in [0.1, 0.15) is 59.8 Å². The Hall–Kier alpha value is -4.60. The largest absolute Gasteiger partial charge is 0.480 e. The molecule has 1 aliphatic rings. The number of carbonyl (C=O) groups is 2. The number of furan rings is 1. The Morgan fingerprint density at radius 1 is 1.13 bits per heavy atom. The van der Waals surface area contributed by atoms with Crippen molar-refractivity contribution >= 4 is 28.4 Å². The zero-order valence-corrected chi connectivity index (χ0v) is 20.6. The molecular weight excluding hydrogens is 486 g/mol. The van der Waals surface area contributed by atoms with Crippen LogP contribution in [0, 0.1) is 0 Å². The van der Waals surface area contributed by atoms with Crippen LogP contribution in [-0.2, 0) is 11.2 Å². The van der Waals surface area contributed by atoms with E-state index in [4.69, 9.17) is 4.42 Å². The second-order valence-corrected chi connectivity index (χ2v) is 9.84. The van der Waals surface area contributed by atoms with Gasteiger partial charge in [-0.05, 0) is 42.3 Å². The lowest BCUT2D eigenvalue weighted by Crippen LogP contribution is -2.42. The van der Waals surface area contributed by atoms with Crippen LogP contribution in [0.25, 0.3) is 27.8 Å². The number of aromatic amines is 2. The highest BCUT2D eigenvalue weighted by atomic mass is 16.4. The predicted octanol–water partition coefficient (Wildman–Crippen LogP) is 4.24. The third kappa shape index (κ3) is 4.38. The molecule has 6 rings (SSSR count). The number of para-hydroxylation sites is 1. The fourth-order valence-corrected chi connectivity index (χ4v) is 5.45. The van der Waals surface area contributed by atoms with E-state index in [1.54, 1.807) is 18.6 Å². The van der Waals surface area contributed by atoms with E-state index in [0.717, 1.165) is 48.6 Å². The van der Waals surface area contributed by atoms with Crippen molar-refractivity contribution in [2.45, 2.75) is 50.5 Å². The van der Waals surface area contributed by atoms with Crippen LogP contribution in [-0.4, -0.2) is 42.6 Å². The zero-order chi connectivity index (χ0) is 26.2. The highest BCUT2D eigenvalue weighted by Crippen LogP contribution is 2.35. The monoisotopic (exact) mass is 513 g/mol. The minimum absolute atomic E-state index is 0.0415. The van der Waals surface area contributed by atoms with Crippen LogP contribution >= 0.6 is 0 Å². The van der Waals surface area contributed by atoms with Gasteiger partial charge in [0.2, 0.25) is 0 Å². The normalized spacial score (nSPS) is 15.2. The van der Waals surface area contributed by atoms with Crippen LogP contribution in [0.4, 0.5) is 0 Å². The van der Waals surface area contributed by atoms with Crippen molar-refractivity contribution < 1.29 is 19.1 Å². The SMILES string of the molecule is O=C(N[C@@H](Cc1cc2ccccc2[nH]1)C(=O)O)c1cc2[nH]c(-c3ccoc3)c(C3CCCCC3)c(=O)n2n1. The summed E-state index contributed by atoms with van der Waals surface area (Å²) < 4.78 is 6.48. The van der Waals surface area contributed by atoms with Gasteiger partial charge in [-0.1, -0.05) is 37.5 Å². The molecule has 1 atom stereocenters.